The van der Waals surface area contributed by atoms with Crippen LogP contribution in [0.4, 0.5) is 16.2 Å². The Bertz CT molecular complexity index is 626. The Morgan fingerprint density at radius 1 is 1.31 bits per heavy atom. The molecule has 0 saturated carbocycles. The van der Waals surface area contributed by atoms with Gasteiger partial charge in [-0.1, -0.05) is 6.07 Å². The molecule has 0 bridgehead atoms. The first-order valence-electron chi connectivity index (χ1n) is 8.65. The summed E-state index contributed by atoms with van der Waals surface area (Å²) in [6.07, 6.45) is -0.383. The molecule has 0 aliphatic rings. The molecule has 1 amide bonds. The van der Waals surface area contributed by atoms with Gasteiger partial charge in [-0.15, -0.1) is 0 Å². The van der Waals surface area contributed by atoms with E-state index in [4.69, 9.17) is 9.84 Å². The van der Waals surface area contributed by atoms with Crippen LogP contribution in [-0.2, 0) is 15.3 Å². The third-order valence-corrected chi connectivity index (χ3v) is 4.64. The summed E-state index contributed by atoms with van der Waals surface area (Å²) in [6.45, 7) is 9.64. The summed E-state index contributed by atoms with van der Waals surface area (Å²) in [6, 6.07) is 6.22. The molecule has 6 nitrogen and oxygen atoms in total. The average molecular weight is 383 g/mol. The lowest BCUT2D eigenvalue weighted by atomic mass is 10.1. The minimum atomic E-state index is -0.807. The molecule has 0 aliphatic carbocycles. The molecule has 146 valence electrons. The number of hydrogen-bond acceptors (Lipinski definition) is 5. The van der Waals surface area contributed by atoms with Gasteiger partial charge in [0.15, 0.2) is 0 Å². The summed E-state index contributed by atoms with van der Waals surface area (Å²) in [5.41, 5.74) is 2.04. The maximum atomic E-state index is 12.2. The molecule has 0 heterocycles. The van der Waals surface area contributed by atoms with Gasteiger partial charge in [-0.25, -0.2) is 4.79 Å². The second kappa shape index (κ2) is 9.71. The van der Waals surface area contributed by atoms with Crippen molar-refractivity contribution in [2.24, 2.45) is 0 Å². The minimum Gasteiger partial charge on any atom is -0.481 e. The highest BCUT2D eigenvalue weighted by atomic mass is 32.2. The SMILES string of the molecule is CC(C)N(C)c1ccc(CSCCC(=O)O)c(NC(=O)OC(C)(C)C)c1. The predicted octanol–water partition coefficient (Wildman–Crippen LogP) is 4.59. The van der Waals surface area contributed by atoms with Gasteiger partial charge in [0.2, 0.25) is 0 Å². The first-order valence-corrected chi connectivity index (χ1v) is 9.80. The van der Waals surface area contributed by atoms with Crippen LogP contribution in [0, 0.1) is 0 Å². The molecule has 0 aliphatic heterocycles. The van der Waals surface area contributed by atoms with Crippen LogP contribution >= 0.6 is 11.8 Å². The van der Waals surface area contributed by atoms with Crippen molar-refractivity contribution in [2.45, 2.75) is 58.4 Å². The number of carbonyl (C=O) groups is 2. The first kappa shape index (κ1) is 22.2. The fourth-order valence-electron chi connectivity index (χ4n) is 2.08. The molecule has 0 saturated heterocycles. The maximum absolute atomic E-state index is 12.2. The number of anilines is 2. The van der Waals surface area contributed by atoms with E-state index in [-0.39, 0.29) is 6.42 Å². The van der Waals surface area contributed by atoms with Crippen LogP contribution in [-0.4, -0.2) is 41.6 Å². The summed E-state index contributed by atoms with van der Waals surface area (Å²) < 4.78 is 5.35. The number of carboxylic acid groups (broad SMARTS) is 1. The molecule has 2 N–H and O–H groups in total. The van der Waals surface area contributed by atoms with E-state index in [1.165, 1.54) is 11.8 Å². The Balaban J connectivity index is 2.96. The van der Waals surface area contributed by atoms with Gasteiger partial charge in [-0.05, 0) is 52.3 Å². The summed E-state index contributed by atoms with van der Waals surface area (Å²) >= 11 is 1.52. The number of aliphatic carboxylic acids is 1. The smallest absolute Gasteiger partial charge is 0.412 e. The van der Waals surface area contributed by atoms with Crippen molar-refractivity contribution in [3.63, 3.8) is 0 Å². The monoisotopic (exact) mass is 382 g/mol. The largest absolute Gasteiger partial charge is 0.481 e. The van der Waals surface area contributed by atoms with Crippen LogP contribution in [0.25, 0.3) is 0 Å². The fourth-order valence-corrected chi connectivity index (χ4v) is 3.01. The highest BCUT2D eigenvalue weighted by Crippen LogP contribution is 2.28. The number of carbonyl (C=O) groups excluding carboxylic acids is 1. The van der Waals surface area contributed by atoms with Crippen LogP contribution in [0.2, 0.25) is 0 Å². The molecule has 1 aromatic carbocycles. The van der Waals surface area contributed by atoms with Crippen molar-refractivity contribution in [1.82, 2.24) is 0 Å². The van der Waals surface area contributed by atoms with Crippen LogP contribution in [0.5, 0.6) is 0 Å². The third kappa shape index (κ3) is 7.99. The van der Waals surface area contributed by atoms with Crippen LogP contribution in [0.15, 0.2) is 18.2 Å². The highest BCUT2D eigenvalue weighted by Gasteiger charge is 2.18. The van der Waals surface area contributed by atoms with E-state index in [0.29, 0.717) is 23.2 Å². The van der Waals surface area contributed by atoms with Crippen molar-refractivity contribution in [2.75, 3.05) is 23.0 Å². The summed E-state index contributed by atoms with van der Waals surface area (Å²) in [7, 11) is 2.00. The first-order chi connectivity index (χ1) is 12.0. The van der Waals surface area contributed by atoms with Crippen LogP contribution < -0.4 is 10.2 Å². The van der Waals surface area contributed by atoms with Crippen molar-refractivity contribution in [3.8, 4) is 0 Å². The number of ether oxygens (including phenoxy) is 1. The van der Waals surface area contributed by atoms with Crippen molar-refractivity contribution < 1.29 is 19.4 Å². The van der Waals surface area contributed by atoms with Crippen LogP contribution in [0.3, 0.4) is 0 Å². The van der Waals surface area contributed by atoms with Gasteiger partial charge < -0.3 is 14.7 Å². The highest BCUT2D eigenvalue weighted by molar-refractivity contribution is 7.98. The average Bonchev–Trinajstić information content (AvgIpc) is 2.49. The van der Waals surface area contributed by atoms with E-state index >= 15 is 0 Å². The third-order valence-electron chi connectivity index (χ3n) is 3.63. The number of benzene rings is 1. The normalized spacial score (nSPS) is 11.3. The van der Waals surface area contributed by atoms with Gasteiger partial charge in [0.1, 0.15) is 5.60 Å². The molecule has 1 rings (SSSR count). The Morgan fingerprint density at radius 2 is 1.96 bits per heavy atom. The summed E-state index contributed by atoms with van der Waals surface area (Å²) in [5, 5.41) is 11.6. The zero-order chi connectivity index (χ0) is 19.9. The van der Waals surface area contributed by atoms with Crippen molar-refractivity contribution in [1.29, 1.82) is 0 Å². The van der Waals surface area contributed by atoms with E-state index in [2.05, 4.69) is 24.1 Å². The number of amides is 1. The molecule has 1 aromatic rings. The van der Waals surface area contributed by atoms with Crippen molar-refractivity contribution in [3.05, 3.63) is 23.8 Å². The molecular formula is C19H30N2O4S. The second-order valence-electron chi connectivity index (χ2n) is 7.37. The zero-order valence-corrected chi connectivity index (χ0v) is 17.3. The van der Waals surface area contributed by atoms with Gasteiger partial charge in [-0.2, -0.15) is 11.8 Å². The molecule has 0 radical (unpaired) electrons. The number of thioether (sulfide) groups is 1. The van der Waals surface area contributed by atoms with E-state index in [0.717, 1.165) is 11.3 Å². The Kier molecular flexibility index (Phi) is 8.27. The molecule has 0 aromatic heterocycles. The zero-order valence-electron chi connectivity index (χ0n) is 16.5. The molecule has 7 heteroatoms. The number of rotatable bonds is 8. The molecular weight excluding hydrogens is 352 g/mol. The van der Waals surface area contributed by atoms with Crippen molar-refractivity contribution >= 4 is 35.2 Å². The minimum absolute atomic E-state index is 0.119. The lowest BCUT2D eigenvalue weighted by molar-refractivity contribution is -0.136. The lowest BCUT2D eigenvalue weighted by Gasteiger charge is -2.25. The number of nitrogens with one attached hydrogen (secondary N) is 1. The van der Waals surface area contributed by atoms with E-state index < -0.39 is 17.7 Å². The topological polar surface area (TPSA) is 78.9 Å². The van der Waals surface area contributed by atoms with Gasteiger partial charge >= 0.3 is 12.1 Å². The van der Waals surface area contributed by atoms with E-state index in [1.54, 1.807) is 0 Å². The van der Waals surface area contributed by atoms with Gasteiger partial charge in [0.05, 0.1) is 12.1 Å². The lowest BCUT2D eigenvalue weighted by Crippen LogP contribution is -2.28. The van der Waals surface area contributed by atoms with Gasteiger partial charge in [-0.3, -0.25) is 10.1 Å². The maximum Gasteiger partial charge on any atom is 0.412 e. The molecule has 0 fully saturated rings. The summed E-state index contributed by atoms with van der Waals surface area (Å²) in [5.74, 6) is 0.331. The van der Waals surface area contributed by atoms with E-state index in [1.807, 2.05) is 46.0 Å². The molecule has 26 heavy (non-hydrogen) atoms. The quantitative estimate of drug-likeness (QED) is 0.641. The summed E-state index contributed by atoms with van der Waals surface area (Å²) in [4.78, 5) is 24.9. The standard InChI is InChI=1S/C19H30N2O4S/c1-13(2)21(6)15-8-7-14(12-26-10-9-17(22)23)16(11-15)20-18(24)25-19(3,4)5/h7-8,11,13H,9-10,12H2,1-6H3,(H,20,24)(H,22,23). The molecule has 0 spiro atoms. The van der Waals surface area contributed by atoms with Gasteiger partial charge in [0.25, 0.3) is 0 Å². The Labute approximate surface area is 160 Å². The second-order valence-corrected chi connectivity index (χ2v) is 8.47. The van der Waals surface area contributed by atoms with E-state index in [9.17, 15) is 9.59 Å². The number of hydrogen-bond donors (Lipinski definition) is 2. The fraction of sp³-hybridized carbons (Fsp3) is 0.579. The molecule has 0 atom stereocenters. The Hall–Kier alpha value is -1.89. The molecule has 0 unspecified atom stereocenters. The Morgan fingerprint density at radius 3 is 2.50 bits per heavy atom. The predicted molar refractivity (Wildman–Crippen MR) is 108 cm³/mol. The van der Waals surface area contributed by atoms with Crippen LogP contribution in [0.1, 0.15) is 46.6 Å². The van der Waals surface area contributed by atoms with Gasteiger partial charge in [0, 0.05) is 30.3 Å². The number of nitrogens with zero attached hydrogens (tertiary/aromatic N) is 1. The number of carboxylic acids is 1.